The van der Waals surface area contributed by atoms with Gasteiger partial charge in [-0.25, -0.2) is 4.79 Å². The molecule has 0 radical (unpaired) electrons. The summed E-state index contributed by atoms with van der Waals surface area (Å²) < 4.78 is 0. The van der Waals surface area contributed by atoms with E-state index in [0.717, 1.165) is 12.0 Å². The molecule has 0 saturated heterocycles. The minimum Gasteiger partial charge on any atom is -0.478 e. The molecule has 0 bridgehead atoms. The Bertz CT molecular complexity index is 408. The second kappa shape index (κ2) is 5.17. The summed E-state index contributed by atoms with van der Waals surface area (Å²) in [6.45, 7) is 3.99. The molecule has 0 heterocycles. The maximum absolute atomic E-state index is 10.4. The van der Waals surface area contributed by atoms with E-state index in [9.17, 15) is 4.79 Å². The Labute approximate surface area is 101 Å². The van der Waals surface area contributed by atoms with Crippen molar-refractivity contribution in [1.29, 1.82) is 0 Å². The van der Waals surface area contributed by atoms with Crippen LogP contribution in [0.5, 0.6) is 0 Å². The highest BCUT2D eigenvalue weighted by atomic mass is 35.5. The van der Waals surface area contributed by atoms with Crippen LogP contribution in [0.2, 0.25) is 5.02 Å². The minimum absolute atomic E-state index is 0.191. The predicted octanol–water partition coefficient (Wildman–Crippen LogP) is 3.55. The van der Waals surface area contributed by atoms with Crippen molar-refractivity contribution >= 4 is 17.6 Å². The summed E-state index contributed by atoms with van der Waals surface area (Å²) in [6, 6.07) is 7.61. The first-order valence-corrected chi connectivity index (χ1v) is 5.43. The van der Waals surface area contributed by atoms with E-state index in [0.29, 0.717) is 5.02 Å². The van der Waals surface area contributed by atoms with E-state index >= 15 is 0 Å². The SMILES string of the molecule is CC(C)(/C=C/C(=O)O)Cc1cccc(Cl)c1. The molecule has 0 fully saturated rings. The average Bonchev–Trinajstić information content (AvgIpc) is 2.14. The highest BCUT2D eigenvalue weighted by Gasteiger charge is 2.15. The summed E-state index contributed by atoms with van der Waals surface area (Å²) in [4.78, 5) is 10.4. The van der Waals surface area contributed by atoms with Crippen molar-refractivity contribution in [2.45, 2.75) is 20.3 Å². The van der Waals surface area contributed by atoms with Crippen LogP contribution in [0, 0.1) is 5.41 Å². The van der Waals surface area contributed by atoms with E-state index < -0.39 is 5.97 Å². The van der Waals surface area contributed by atoms with Gasteiger partial charge >= 0.3 is 5.97 Å². The van der Waals surface area contributed by atoms with Crippen LogP contribution in [0.15, 0.2) is 36.4 Å². The third kappa shape index (κ3) is 4.49. The van der Waals surface area contributed by atoms with Gasteiger partial charge in [0.2, 0.25) is 0 Å². The summed E-state index contributed by atoms with van der Waals surface area (Å²) in [5.74, 6) is -0.917. The molecule has 0 aromatic heterocycles. The molecular formula is C13H15ClO2. The average molecular weight is 239 g/mol. The molecule has 16 heavy (non-hydrogen) atoms. The lowest BCUT2D eigenvalue weighted by Gasteiger charge is -2.20. The first kappa shape index (κ1) is 12.8. The number of hydrogen-bond donors (Lipinski definition) is 1. The van der Waals surface area contributed by atoms with Gasteiger partial charge in [0.25, 0.3) is 0 Å². The predicted molar refractivity (Wildman–Crippen MR) is 65.7 cm³/mol. The number of carbonyl (C=O) groups is 1. The zero-order chi connectivity index (χ0) is 12.2. The zero-order valence-corrected chi connectivity index (χ0v) is 10.2. The molecule has 1 aromatic rings. The van der Waals surface area contributed by atoms with E-state index in [-0.39, 0.29) is 5.41 Å². The van der Waals surface area contributed by atoms with Gasteiger partial charge in [0.05, 0.1) is 0 Å². The number of carboxylic acids is 1. The van der Waals surface area contributed by atoms with Gasteiger partial charge in [-0.1, -0.05) is 43.7 Å². The lowest BCUT2D eigenvalue weighted by Crippen LogP contribution is -2.12. The molecule has 0 spiro atoms. The third-order valence-electron chi connectivity index (χ3n) is 2.23. The molecular weight excluding hydrogens is 224 g/mol. The van der Waals surface area contributed by atoms with Crippen LogP contribution >= 0.6 is 11.6 Å². The highest BCUT2D eigenvalue weighted by Crippen LogP contribution is 2.24. The third-order valence-corrected chi connectivity index (χ3v) is 2.46. The number of carboxylic acid groups (broad SMARTS) is 1. The molecule has 0 unspecified atom stereocenters. The number of aliphatic carboxylic acids is 1. The fraction of sp³-hybridized carbons (Fsp3) is 0.308. The maximum atomic E-state index is 10.4. The lowest BCUT2D eigenvalue weighted by atomic mass is 9.85. The second-order valence-electron chi connectivity index (χ2n) is 4.47. The summed E-state index contributed by atoms with van der Waals surface area (Å²) in [5, 5.41) is 9.28. The van der Waals surface area contributed by atoms with Gasteiger partial charge < -0.3 is 5.11 Å². The lowest BCUT2D eigenvalue weighted by molar-refractivity contribution is -0.131. The van der Waals surface area contributed by atoms with Crippen LogP contribution in [0.3, 0.4) is 0 Å². The van der Waals surface area contributed by atoms with Gasteiger partial charge in [-0.3, -0.25) is 0 Å². The van der Waals surface area contributed by atoms with Crippen molar-refractivity contribution in [3.63, 3.8) is 0 Å². The molecule has 3 heteroatoms. The molecule has 0 aliphatic heterocycles. The molecule has 2 nitrogen and oxygen atoms in total. The zero-order valence-electron chi connectivity index (χ0n) is 9.40. The van der Waals surface area contributed by atoms with Gasteiger partial charge in [-0.05, 0) is 29.5 Å². The number of benzene rings is 1. The second-order valence-corrected chi connectivity index (χ2v) is 4.90. The van der Waals surface area contributed by atoms with Crippen molar-refractivity contribution in [3.8, 4) is 0 Å². The Morgan fingerprint density at radius 1 is 1.50 bits per heavy atom. The van der Waals surface area contributed by atoms with Crippen molar-refractivity contribution in [2.24, 2.45) is 5.41 Å². The molecule has 0 saturated carbocycles. The number of allylic oxidation sites excluding steroid dienone is 1. The van der Waals surface area contributed by atoms with E-state index in [1.54, 1.807) is 6.08 Å². The van der Waals surface area contributed by atoms with Crippen LogP contribution < -0.4 is 0 Å². The normalized spacial score (nSPS) is 11.9. The number of halogens is 1. The monoisotopic (exact) mass is 238 g/mol. The number of rotatable bonds is 4. The Kier molecular flexibility index (Phi) is 4.13. The van der Waals surface area contributed by atoms with Gasteiger partial charge in [-0.15, -0.1) is 0 Å². The molecule has 0 aliphatic carbocycles. The molecule has 1 rings (SSSR count). The van der Waals surface area contributed by atoms with Crippen LogP contribution in [-0.2, 0) is 11.2 Å². The molecule has 0 atom stereocenters. The van der Waals surface area contributed by atoms with Crippen LogP contribution in [-0.4, -0.2) is 11.1 Å². The maximum Gasteiger partial charge on any atom is 0.327 e. The van der Waals surface area contributed by atoms with Crippen molar-refractivity contribution in [2.75, 3.05) is 0 Å². The summed E-state index contributed by atoms with van der Waals surface area (Å²) >= 11 is 5.89. The first-order valence-electron chi connectivity index (χ1n) is 5.06. The molecule has 86 valence electrons. The van der Waals surface area contributed by atoms with E-state index in [1.807, 2.05) is 38.1 Å². The Balaban J connectivity index is 2.76. The summed E-state index contributed by atoms with van der Waals surface area (Å²) in [5.41, 5.74) is 0.913. The number of hydrogen-bond acceptors (Lipinski definition) is 1. The largest absolute Gasteiger partial charge is 0.478 e. The molecule has 1 aromatic carbocycles. The van der Waals surface area contributed by atoms with E-state index in [4.69, 9.17) is 16.7 Å². The summed E-state index contributed by atoms with van der Waals surface area (Å²) in [7, 11) is 0. The Morgan fingerprint density at radius 2 is 2.19 bits per heavy atom. The van der Waals surface area contributed by atoms with Gasteiger partial charge in [0.1, 0.15) is 0 Å². The van der Waals surface area contributed by atoms with Crippen LogP contribution in [0.25, 0.3) is 0 Å². The topological polar surface area (TPSA) is 37.3 Å². The van der Waals surface area contributed by atoms with Crippen LogP contribution in [0.1, 0.15) is 19.4 Å². The Hall–Kier alpha value is -1.28. The fourth-order valence-electron chi connectivity index (χ4n) is 1.53. The summed E-state index contributed by atoms with van der Waals surface area (Å²) in [6.07, 6.45) is 3.65. The van der Waals surface area contributed by atoms with Gasteiger partial charge in [0.15, 0.2) is 0 Å². The highest BCUT2D eigenvalue weighted by molar-refractivity contribution is 6.30. The van der Waals surface area contributed by atoms with Crippen LogP contribution in [0.4, 0.5) is 0 Å². The first-order chi connectivity index (χ1) is 7.39. The van der Waals surface area contributed by atoms with Crippen molar-refractivity contribution < 1.29 is 9.90 Å². The van der Waals surface area contributed by atoms with Crippen molar-refractivity contribution in [3.05, 3.63) is 47.0 Å². The van der Waals surface area contributed by atoms with E-state index in [2.05, 4.69) is 0 Å². The van der Waals surface area contributed by atoms with E-state index in [1.165, 1.54) is 6.08 Å². The minimum atomic E-state index is -0.917. The smallest absolute Gasteiger partial charge is 0.327 e. The van der Waals surface area contributed by atoms with Gasteiger partial charge in [-0.2, -0.15) is 0 Å². The molecule has 0 aliphatic rings. The molecule has 0 amide bonds. The standard InChI is InChI=1S/C13H15ClO2/c1-13(2,7-6-12(15)16)9-10-4-3-5-11(14)8-10/h3-8H,9H2,1-2H3,(H,15,16)/b7-6+. The quantitative estimate of drug-likeness (QED) is 0.815. The van der Waals surface area contributed by atoms with Gasteiger partial charge in [0, 0.05) is 11.1 Å². The Morgan fingerprint density at radius 3 is 2.75 bits per heavy atom. The fourth-order valence-corrected chi connectivity index (χ4v) is 1.74. The molecule has 1 N–H and O–H groups in total. The van der Waals surface area contributed by atoms with Crippen molar-refractivity contribution in [1.82, 2.24) is 0 Å².